The quantitative estimate of drug-likeness (QED) is 0.724. The number of fused-ring (bicyclic) bond motifs is 1. The van der Waals surface area contributed by atoms with Gasteiger partial charge in [-0.1, -0.05) is 48.5 Å². The molecular weight excluding hydrogens is 328 g/mol. The summed E-state index contributed by atoms with van der Waals surface area (Å²) in [5.41, 5.74) is 2.36. The van der Waals surface area contributed by atoms with Crippen molar-refractivity contribution < 1.29 is 4.79 Å². The van der Waals surface area contributed by atoms with Crippen LogP contribution in [0, 0.1) is 6.92 Å². The monoisotopic (exact) mass is 352 g/mol. The summed E-state index contributed by atoms with van der Waals surface area (Å²) >= 11 is 1.57. The molecule has 0 fully saturated rings. The zero-order valence-electron chi connectivity index (χ0n) is 15.0. The third kappa shape index (κ3) is 4.09. The number of likely N-dealkylation sites (N-methyl/N-ethyl adjacent to an activating group) is 1. The van der Waals surface area contributed by atoms with Crippen LogP contribution in [0.15, 0.2) is 54.6 Å². The third-order valence-corrected chi connectivity index (χ3v) is 5.86. The first-order chi connectivity index (χ1) is 12.1. The van der Waals surface area contributed by atoms with E-state index in [9.17, 15) is 4.79 Å². The second-order valence-corrected chi connectivity index (χ2v) is 7.62. The van der Waals surface area contributed by atoms with Crippen LogP contribution in [0.25, 0.3) is 10.1 Å². The Kier molecular flexibility index (Phi) is 5.51. The molecule has 4 heteroatoms. The molecule has 0 aliphatic heterocycles. The van der Waals surface area contributed by atoms with Gasteiger partial charge in [0.15, 0.2) is 0 Å². The molecule has 0 saturated heterocycles. The van der Waals surface area contributed by atoms with Crippen LogP contribution in [0.4, 0.5) is 0 Å². The Morgan fingerprint density at radius 1 is 1.08 bits per heavy atom. The summed E-state index contributed by atoms with van der Waals surface area (Å²) in [4.78, 5) is 15.7. The van der Waals surface area contributed by atoms with E-state index in [0.717, 1.165) is 16.9 Å². The fraction of sp³-hybridized carbons (Fsp3) is 0.286. The van der Waals surface area contributed by atoms with Crippen molar-refractivity contribution >= 4 is 27.3 Å². The Morgan fingerprint density at radius 3 is 2.44 bits per heavy atom. The topological polar surface area (TPSA) is 32.3 Å². The van der Waals surface area contributed by atoms with Crippen LogP contribution in [0.2, 0.25) is 0 Å². The summed E-state index contributed by atoms with van der Waals surface area (Å²) in [7, 11) is 4.12. The largest absolute Gasteiger partial charge is 0.350 e. The fourth-order valence-corrected chi connectivity index (χ4v) is 4.13. The molecule has 1 amide bonds. The molecule has 3 rings (SSSR count). The SMILES string of the molecule is Cc1c(C(=O)NCC(Cc2ccccc2)N(C)C)sc2ccccc12. The van der Waals surface area contributed by atoms with Gasteiger partial charge in [0.05, 0.1) is 4.88 Å². The first-order valence-electron chi connectivity index (χ1n) is 8.53. The Bertz CT molecular complexity index is 855. The molecule has 1 heterocycles. The van der Waals surface area contributed by atoms with E-state index in [1.54, 1.807) is 11.3 Å². The lowest BCUT2D eigenvalue weighted by Gasteiger charge is -2.24. The fourth-order valence-electron chi connectivity index (χ4n) is 3.01. The maximum absolute atomic E-state index is 12.7. The van der Waals surface area contributed by atoms with Gasteiger partial charge in [0, 0.05) is 17.3 Å². The molecule has 1 atom stereocenters. The summed E-state index contributed by atoms with van der Waals surface area (Å²) in [6.07, 6.45) is 0.916. The number of nitrogens with zero attached hydrogens (tertiary/aromatic N) is 1. The third-order valence-electron chi connectivity index (χ3n) is 4.59. The second kappa shape index (κ2) is 7.81. The van der Waals surface area contributed by atoms with E-state index in [4.69, 9.17) is 0 Å². The molecule has 3 aromatic rings. The molecule has 1 aromatic heterocycles. The molecular formula is C21H24N2OS. The lowest BCUT2D eigenvalue weighted by atomic mass is 10.1. The van der Waals surface area contributed by atoms with Gasteiger partial charge in [0.2, 0.25) is 0 Å². The predicted octanol–water partition coefficient (Wildman–Crippen LogP) is 4.11. The first kappa shape index (κ1) is 17.6. The van der Waals surface area contributed by atoms with Crippen LogP contribution in [0.3, 0.4) is 0 Å². The van der Waals surface area contributed by atoms with E-state index in [1.165, 1.54) is 15.6 Å². The molecule has 25 heavy (non-hydrogen) atoms. The molecule has 1 N–H and O–H groups in total. The minimum absolute atomic E-state index is 0.0265. The standard InChI is InChI=1S/C21H24N2OS/c1-15-18-11-7-8-12-19(18)25-20(15)21(24)22-14-17(23(2)3)13-16-9-5-4-6-10-16/h4-12,17H,13-14H2,1-3H3,(H,22,24). The molecule has 2 aromatic carbocycles. The van der Waals surface area contributed by atoms with E-state index in [1.807, 2.05) is 25.1 Å². The van der Waals surface area contributed by atoms with Crippen molar-refractivity contribution in [2.75, 3.05) is 20.6 Å². The Labute approximate surface area is 153 Å². The van der Waals surface area contributed by atoms with Crippen molar-refractivity contribution in [3.63, 3.8) is 0 Å². The summed E-state index contributed by atoms with van der Waals surface area (Å²) < 4.78 is 1.17. The van der Waals surface area contributed by atoms with Crippen LogP contribution < -0.4 is 5.32 Å². The molecule has 0 radical (unpaired) electrons. The molecule has 1 unspecified atom stereocenters. The molecule has 0 aliphatic rings. The van der Waals surface area contributed by atoms with Crippen LogP contribution >= 0.6 is 11.3 Å². The highest BCUT2D eigenvalue weighted by Gasteiger charge is 2.18. The number of hydrogen-bond donors (Lipinski definition) is 1. The highest BCUT2D eigenvalue weighted by Crippen LogP contribution is 2.30. The minimum Gasteiger partial charge on any atom is -0.350 e. The molecule has 3 nitrogen and oxygen atoms in total. The van der Waals surface area contributed by atoms with Crippen LogP contribution in [-0.4, -0.2) is 37.5 Å². The molecule has 130 valence electrons. The van der Waals surface area contributed by atoms with Crippen LogP contribution in [-0.2, 0) is 6.42 Å². The van der Waals surface area contributed by atoms with Gasteiger partial charge in [-0.15, -0.1) is 11.3 Å². The molecule has 0 saturated carbocycles. The highest BCUT2D eigenvalue weighted by molar-refractivity contribution is 7.21. The smallest absolute Gasteiger partial charge is 0.261 e. The molecule has 0 bridgehead atoms. The van der Waals surface area contributed by atoms with Gasteiger partial charge in [-0.25, -0.2) is 0 Å². The zero-order valence-corrected chi connectivity index (χ0v) is 15.8. The van der Waals surface area contributed by atoms with Crippen molar-refractivity contribution in [2.24, 2.45) is 0 Å². The van der Waals surface area contributed by atoms with Crippen molar-refractivity contribution in [3.8, 4) is 0 Å². The minimum atomic E-state index is 0.0265. The van der Waals surface area contributed by atoms with Crippen molar-refractivity contribution in [3.05, 3.63) is 70.6 Å². The first-order valence-corrected chi connectivity index (χ1v) is 9.34. The predicted molar refractivity (Wildman–Crippen MR) is 107 cm³/mol. The van der Waals surface area contributed by atoms with Crippen molar-refractivity contribution in [2.45, 2.75) is 19.4 Å². The summed E-state index contributed by atoms with van der Waals surface area (Å²) in [5.74, 6) is 0.0265. The number of carbonyl (C=O) groups excluding carboxylic acids is 1. The van der Waals surface area contributed by atoms with Gasteiger partial charge < -0.3 is 10.2 Å². The Balaban J connectivity index is 1.69. The maximum Gasteiger partial charge on any atom is 0.261 e. The van der Waals surface area contributed by atoms with Crippen LogP contribution in [0.1, 0.15) is 20.8 Å². The zero-order chi connectivity index (χ0) is 17.8. The van der Waals surface area contributed by atoms with Gasteiger partial charge in [-0.3, -0.25) is 4.79 Å². The van der Waals surface area contributed by atoms with Gasteiger partial charge >= 0.3 is 0 Å². The van der Waals surface area contributed by atoms with Crippen molar-refractivity contribution in [1.82, 2.24) is 10.2 Å². The van der Waals surface area contributed by atoms with Gasteiger partial charge in [0.25, 0.3) is 5.91 Å². The summed E-state index contributed by atoms with van der Waals surface area (Å²) in [5, 5.41) is 4.30. The number of hydrogen-bond acceptors (Lipinski definition) is 3. The number of carbonyl (C=O) groups is 1. The summed E-state index contributed by atoms with van der Waals surface area (Å²) in [6, 6.07) is 18.9. The maximum atomic E-state index is 12.7. The van der Waals surface area contributed by atoms with E-state index in [2.05, 4.69) is 60.7 Å². The van der Waals surface area contributed by atoms with Gasteiger partial charge in [-0.05, 0) is 50.0 Å². The number of benzene rings is 2. The highest BCUT2D eigenvalue weighted by atomic mass is 32.1. The van der Waals surface area contributed by atoms with Crippen LogP contribution in [0.5, 0.6) is 0 Å². The average Bonchev–Trinajstić information content (AvgIpc) is 2.96. The van der Waals surface area contributed by atoms with E-state index in [-0.39, 0.29) is 11.9 Å². The average molecular weight is 353 g/mol. The number of rotatable bonds is 6. The summed E-state index contributed by atoms with van der Waals surface area (Å²) in [6.45, 7) is 2.66. The van der Waals surface area contributed by atoms with Crippen molar-refractivity contribution in [1.29, 1.82) is 0 Å². The van der Waals surface area contributed by atoms with E-state index < -0.39 is 0 Å². The number of aryl methyl sites for hydroxylation is 1. The molecule has 0 spiro atoms. The van der Waals surface area contributed by atoms with E-state index >= 15 is 0 Å². The lowest BCUT2D eigenvalue weighted by Crippen LogP contribution is -2.41. The molecule has 0 aliphatic carbocycles. The Morgan fingerprint density at radius 2 is 1.76 bits per heavy atom. The second-order valence-electron chi connectivity index (χ2n) is 6.57. The lowest BCUT2D eigenvalue weighted by molar-refractivity contribution is 0.0945. The number of nitrogens with one attached hydrogen (secondary N) is 1. The number of thiophene rings is 1. The van der Waals surface area contributed by atoms with Gasteiger partial charge in [0.1, 0.15) is 0 Å². The van der Waals surface area contributed by atoms with Gasteiger partial charge in [-0.2, -0.15) is 0 Å². The van der Waals surface area contributed by atoms with E-state index in [0.29, 0.717) is 6.54 Å². The number of amides is 1. The Hall–Kier alpha value is -2.17. The normalized spacial score (nSPS) is 12.5.